The number of nitrogens with zero attached hydrogens (tertiary/aromatic N) is 2. The van der Waals surface area contributed by atoms with E-state index in [1.54, 1.807) is 4.90 Å². The Bertz CT molecular complexity index is 482. The standard InChI is InChI=1S/C15H20N2O3/c1-15(2,3)20-14(18)17-9-12(13(10-17)16-19)11-7-5-4-6-8-11/h4-8,12-13H,9-10H2,1-3H3/t12-,13+/m0/s1. The lowest BCUT2D eigenvalue weighted by molar-refractivity contribution is 0.0290. The molecule has 1 aromatic rings. The predicted octanol–water partition coefficient (Wildman–Crippen LogP) is 3.16. The zero-order chi connectivity index (χ0) is 14.8. The van der Waals surface area contributed by atoms with Crippen LogP contribution in [0.1, 0.15) is 32.3 Å². The summed E-state index contributed by atoms with van der Waals surface area (Å²) in [6.07, 6.45) is -0.385. The van der Waals surface area contributed by atoms with Crippen molar-refractivity contribution in [2.24, 2.45) is 5.18 Å². The fraction of sp³-hybridized carbons (Fsp3) is 0.533. The fourth-order valence-electron chi connectivity index (χ4n) is 2.40. The van der Waals surface area contributed by atoms with Gasteiger partial charge in [-0.1, -0.05) is 35.5 Å². The summed E-state index contributed by atoms with van der Waals surface area (Å²) in [5.41, 5.74) is 0.495. The Kier molecular flexibility index (Phi) is 4.06. The molecule has 0 aliphatic carbocycles. The van der Waals surface area contributed by atoms with Crippen LogP contribution < -0.4 is 0 Å². The highest BCUT2D eigenvalue weighted by atomic mass is 16.6. The van der Waals surface area contributed by atoms with Crippen molar-refractivity contribution in [3.63, 3.8) is 0 Å². The number of hydrogen-bond donors (Lipinski definition) is 0. The van der Waals surface area contributed by atoms with Crippen LogP contribution in [0.4, 0.5) is 4.79 Å². The van der Waals surface area contributed by atoms with Gasteiger partial charge in [-0.05, 0) is 26.3 Å². The van der Waals surface area contributed by atoms with E-state index in [1.165, 1.54) is 0 Å². The molecule has 0 radical (unpaired) electrons. The lowest BCUT2D eigenvalue weighted by Crippen LogP contribution is -2.35. The molecule has 2 rings (SSSR count). The van der Waals surface area contributed by atoms with Gasteiger partial charge in [-0.15, -0.1) is 0 Å². The molecular weight excluding hydrogens is 256 g/mol. The van der Waals surface area contributed by atoms with E-state index in [9.17, 15) is 9.70 Å². The van der Waals surface area contributed by atoms with E-state index in [2.05, 4.69) is 5.18 Å². The predicted molar refractivity (Wildman–Crippen MR) is 76.6 cm³/mol. The first-order valence-electron chi connectivity index (χ1n) is 6.76. The van der Waals surface area contributed by atoms with E-state index in [0.717, 1.165) is 5.56 Å². The highest BCUT2D eigenvalue weighted by Gasteiger charge is 2.38. The first kappa shape index (κ1) is 14.5. The molecule has 5 heteroatoms. The van der Waals surface area contributed by atoms with Gasteiger partial charge in [0.05, 0.1) is 6.54 Å². The quantitative estimate of drug-likeness (QED) is 0.780. The summed E-state index contributed by atoms with van der Waals surface area (Å²) >= 11 is 0. The number of carbonyl (C=O) groups excluding carboxylic acids is 1. The number of amides is 1. The van der Waals surface area contributed by atoms with Crippen LogP contribution in [-0.2, 0) is 4.74 Å². The smallest absolute Gasteiger partial charge is 0.410 e. The van der Waals surface area contributed by atoms with Crippen LogP contribution in [0.2, 0.25) is 0 Å². The molecule has 1 aliphatic rings. The summed E-state index contributed by atoms with van der Waals surface area (Å²) in [5, 5.41) is 3.17. The average molecular weight is 276 g/mol. The molecule has 1 aromatic carbocycles. The maximum atomic E-state index is 12.1. The number of benzene rings is 1. The molecule has 2 atom stereocenters. The van der Waals surface area contributed by atoms with Crippen molar-refractivity contribution >= 4 is 6.09 Å². The van der Waals surface area contributed by atoms with Crippen molar-refractivity contribution in [1.82, 2.24) is 4.90 Å². The normalized spacial score (nSPS) is 22.6. The van der Waals surface area contributed by atoms with Gasteiger partial charge < -0.3 is 9.64 Å². The van der Waals surface area contributed by atoms with Gasteiger partial charge in [0.15, 0.2) is 0 Å². The topological polar surface area (TPSA) is 59.0 Å². The van der Waals surface area contributed by atoms with Gasteiger partial charge in [-0.3, -0.25) is 0 Å². The van der Waals surface area contributed by atoms with E-state index in [0.29, 0.717) is 13.1 Å². The second kappa shape index (κ2) is 5.61. The second-order valence-electron chi connectivity index (χ2n) is 6.08. The van der Waals surface area contributed by atoms with Gasteiger partial charge in [0.1, 0.15) is 11.6 Å². The molecule has 20 heavy (non-hydrogen) atoms. The van der Waals surface area contributed by atoms with Crippen molar-refractivity contribution in [2.75, 3.05) is 13.1 Å². The Morgan fingerprint density at radius 2 is 1.90 bits per heavy atom. The number of carbonyl (C=O) groups is 1. The number of likely N-dealkylation sites (tertiary alicyclic amines) is 1. The molecule has 108 valence electrons. The maximum absolute atomic E-state index is 12.1. The number of nitroso groups, excluding NO2 is 1. The molecule has 0 unspecified atom stereocenters. The van der Waals surface area contributed by atoms with Crippen molar-refractivity contribution in [2.45, 2.75) is 38.3 Å². The molecule has 0 spiro atoms. The largest absolute Gasteiger partial charge is 0.444 e. The zero-order valence-corrected chi connectivity index (χ0v) is 12.1. The van der Waals surface area contributed by atoms with Gasteiger partial charge in [-0.2, -0.15) is 4.91 Å². The third kappa shape index (κ3) is 3.35. The van der Waals surface area contributed by atoms with Crippen LogP contribution in [0, 0.1) is 4.91 Å². The highest BCUT2D eigenvalue weighted by Crippen LogP contribution is 2.30. The van der Waals surface area contributed by atoms with E-state index in [1.807, 2.05) is 51.1 Å². The highest BCUT2D eigenvalue weighted by molar-refractivity contribution is 5.69. The summed E-state index contributed by atoms with van der Waals surface area (Å²) in [5.74, 6) is -0.0544. The SMILES string of the molecule is CC(C)(C)OC(=O)N1C[C@@H](N=O)[C@H](c2ccccc2)C1. The number of ether oxygens (including phenoxy) is 1. The summed E-state index contributed by atoms with van der Waals surface area (Å²) in [7, 11) is 0. The van der Waals surface area contributed by atoms with Gasteiger partial charge in [-0.25, -0.2) is 4.79 Å². The van der Waals surface area contributed by atoms with Gasteiger partial charge in [0, 0.05) is 12.5 Å². The maximum Gasteiger partial charge on any atom is 0.410 e. The van der Waals surface area contributed by atoms with E-state index < -0.39 is 11.6 Å². The first-order valence-corrected chi connectivity index (χ1v) is 6.76. The lowest BCUT2D eigenvalue weighted by atomic mass is 9.95. The summed E-state index contributed by atoms with van der Waals surface area (Å²) in [6.45, 7) is 6.26. The molecule has 1 saturated heterocycles. The van der Waals surface area contributed by atoms with Crippen LogP contribution in [0.25, 0.3) is 0 Å². The zero-order valence-electron chi connectivity index (χ0n) is 12.1. The molecule has 1 aliphatic heterocycles. The third-order valence-electron chi connectivity index (χ3n) is 3.30. The van der Waals surface area contributed by atoms with Crippen LogP contribution in [0.15, 0.2) is 35.5 Å². The third-order valence-corrected chi connectivity index (χ3v) is 3.30. The number of hydrogen-bond acceptors (Lipinski definition) is 4. The fourth-order valence-corrected chi connectivity index (χ4v) is 2.40. The minimum atomic E-state index is -0.536. The van der Waals surface area contributed by atoms with Gasteiger partial charge in [0.25, 0.3) is 0 Å². The van der Waals surface area contributed by atoms with E-state index >= 15 is 0 Å². The van der Waals surface area contributed by atoms with Crippen LogP contribution >= 0.6 is 0 Å². The van der Waals surface area contributed by atoms with Crippen molar-refractivity contribution in [1.29, 1.82) is 0 Å². The molecule has 1 heterocycles. The molecule has 0 N–H and O–H groups in total. The van der Waals surface area contributed by atoms with E-state index in [-0.39, 0.29) is 12.0 Å². The van der Waals surface area contributed by atoms with Crippen LogP contribution in [-0.4, -0.2) is 35.7 Å². The Morgan fingerprint density at radius 3 is 2.45 bits per heavy atom. The van der Waals surface area contributed by atoms with Crippen molar-refractivity contribution in [3.05, 3.63) is 40.8 Å². The van der Waals surface area contributed by atoms with Crippen LogP contribution in [0.3, 0.4) is 0 Å². The van der Waals surface area contributed by atoms with Crippen LogP contribution in [0.5, 0.6) is 0 Å². The van der Waals surface area contributed by atoms with Crippen molar-refractivity contribution < 1.29 is 9.53 Å². The lowest BCUT2D eigenvalue weighted by Gasteiger charge is -2.24. The molecule has 1 amide bonds. The molecule has 0 aromatic heterocycles. The molecule has 0 bridgehead atoms. The minimum Gasteiger partial charge on any atom is -0.444 e. The first-order chi connectivity index (χ1) is 9.40. The monoisotopic (exact) mass is 276 g/mol. The Balaban J connectivity index is 2.10. The molecule has 1 fully saturated rings. The summed E-state index contributed by atoms with van der Waals surface area (Å²) < 4.78 is 5.34. The molecular formula is C15H20N2O3. The Hall–Kier alpha value is -1.91. The second-order valence-corrected chi connectivity index (χ2v) is 6.08. The van der Waals surface area contributed by atoms with Crippen molar-refractivity contribution in [3.8, 4) is 0 Å². The average Bonchev–Trinajstić information content (AvgIpc) is 2.82. The number of rotatable bonds is 2. The summed E-state index contributed by atoms with van der Waals surface area (Å²) in [4.78, 5) is 24.6. The van der Waals surface area contributed by atoms with Gasteiger partial charge >= 0.3 is 6.09 Å². The Labute approximate surface area is 118 Å². The molecule has 0 saturated carbocycles. The van der Waals surface area contributed by atoms with E-state index in [4.69, 9.17) is 4.74 Å². The van der Waals surface area contributed by atoms with Gasteiger partial charge in [0.2, 0.25) is 0 Å². The molecule has 5 nitrogen and oxygen atoms in total. The Morgan fingerprint density at radius 1 is 1.25 bits per heavy atom. The minimum absolute atomic E-state index is 0.0544. The summed E-state index contributed by atoms with van der Waals surface area (Å²) in [6, 6.07) is 9.28.